The molecule has 24 heavy (non-hydrogen) atoms. The molecule has 1 aromatic carbocycles. The molecule has 0 fully saturated rings. The first-order valence-corrected chi connectivity index (χ1v) is 8.03. The van der Waals surface area contributed by atoms with Crippen LogP contribution in [0.5, 0.6) is 5.75 Å². The summed E-state index contributed by atoms with van der Waals surface area (Å²) in [6, 6.07) is 8.51. The average molecular weight is 327 g/mol. The second-order valence-electron chi connectivity index (χ2n) is 5.65. The molecule has 6 nitrogen and oxygen atoms in total. The van der Waals surface area contributed by atoms with E-state index in [0.29, 0.717) is 29.3 Å². The molecule has 0 saturated carbocycles. The minimum atomic E-state index is -0.324. The highest BCUT2D eigenvalue weighted by molar-refractivity contribution is 5.65. The second kappa shape index (κ2) is 6.45. The molecule has 124 valence electrons. The normalized spacial score (nSPS) is 15.4. The molecule has 3 heterocycles. The van der Waals surface area contributed by atoms with Gasteiger partial charge >= 0.3 is 0 Å². The summed E-state index contributed by atoms with van der Waals surface area (Å²) in [5, 5.41) is 11.1. The van der Waals surface area contributed by atoms with Crippen LogP contribution in [0.3, 0.4) is 0 Å². The number of hydrogen-bond acceptors (Lipinski definition) is 5. The Morgan fingerprint density at radius 2 is 2.08 bits per heavy atom. The zero-order valence-electron chi connectivity index (χ0n) is 13.1. The van der Waals surface area contributed by atoms with Crippen molar-refractivity contribution < 1.29 is 9.13 Å². The number of imidazole rings is 1. The van der Waals surface area contributed by atoms with Crippen molar-refractivity contribution >= 4 is 11.5 Å². The van der Waals surface area contributed by atoms with Crippen LogP contribution in [0.4, 0.5) is 10.2 Å². The number of halogens is 1. The predicted octanol–water partition coefficient (Wildman–Crippen LogP) is 2.32. The van der Waals surface area contributed by atoms with E-state index in [-0.39, 0.29) is 5.82 Å². The summed E-state index contributed by atoms with van der Waals surface area (Å²) in [5.41, 5.74) is 1.70. The van der Waals surface area contributed by atoms with Gasteiger partial charge in [0.2, 0.25) is 0 Å². The Labute approximate surface area is 138 Å². The summed E-state index contributed by atoms with van der Waals surface area (Å²) in [5.74, 6) is 1.05. The van der Waals surface area contributed by atoms with Crippen molar-refractivity contribution in [1.82, 2.24) is 19.9 Å². The molecule has 4 rings (SSSR count). The van der Waals surface area contributed by atoms with E-state index < -0.39 is 0 Å². The number of nitrogens with zero attached hydrogens (tertiary/aromatic N) is 3. The van der Waals surface area contributed by atoms with Crippen LogP contribution in [0.1, 0.15) is 6.42 Å². The number of anilines is 1. The lowest BCUT2D eigenvalue weighted by molar-refractivity contribution is 0.308. The fourth-order valence-electron chi connectivity index (χ4n) is 2.73. The summed E-state index contributed by atoms with van der Waals surface area (Å²) < 4.78 is 21.7. The molecular formula is C17H18FN5O. The summed E-state index contributed by atoms with van der Waals surface area (Å²) >= 11 is 0. The van der Waals surface area contributed by atoms with E-state index in [1.165, 1.54) is 6.07 Å². The van der Waals surface area contributed by atoms with E-state index in [1.807, 2.05) is 12.1 Å². The van der Waals surface area contributed by atoms with Crippen LogP contribution in [-0.4, -0.2) is 40.8 Å². The molecule has 1 aliphatic rings. The lowest BCUT2D eigenvalue weighted by Gasteiger charge is -2.09. The minimum Gasteiger partial charge on any atom is -0.494 e. The minimum absolute atomic E-state index is 0.324. The van der Waals surface area contributed by atoms with E-state index in [1.54, 1.807) is 22.8 Å². The van der Waals surface area contributed by atoms with Gasteiger partial charge in [-0.3, -0.25) is 0 Å². The molecule has 0 unspecified atom stereocenters. The number of aromatic nitrogens is 3. The quantitative estimate of drug-likeness (QED) is 0.663. The topological polar surface area (TPSA) is 63.5 Å². The SMILES string of the molecule is Fc1ccc2cc1-c1cnc3ccc(nn13)NCCNCCCO2. The zero-order valence-corrected chi connectivity index (χ0v) is 13.1. The van der Waals surface area contributed by atoms with Gasteiger partial charge in [0.15, 0.2) is 5.65 Å². The van der Waals surface area contributed by atoms with E-state index in [2.05, 4.69) is 20.7 Å². The molecule has 7 heteroatoms. The van der Waals surface area contributed by atoms with Crippen LogP contribution in [0.15, 0.2) is 36.5 Å². The monoisotopic (exact) mass is 327 g/mol. The van der Waals surface area contributed by atoms with E-state index in [9.17, 15) is 4.39 Å². The molecule has 0 spiro atoms. The molecule has 0 aliphatic carbocycles. The number of ether oxygens (including phenoxy) is 1. The van der Waals surface area contributed by atoms with Gasteiger partial charge in [-0.2, -0.15) is 0 Å². The number of benzene rings is 1. The van der Waals surface area contributed by atoms with Crippen molar-refractivity contribution in [3.63, 3.8) is 0 Å². The molecule has 0 atom stereocenters. The van der Waals surface area contributed by atoms with Crippen LogP contribution in [0.25, 0.3) is 16.9 Å². The van der Waals surface area contributed by atoms with Crippen LogP contribution < -0.4 is 15.4 Å². The van der Waals surface area contributed by atoms with Crippen molar-refractivity contribution in [3.8, 4) is 17.0 Å². The molecule has 0 radical (unpaired) electrons. The molecule has 4 bridgehead atoms. The molecular weight excluding hydrogens is 309 g/mol. The van der Waals surface area contributed by atoms with Gasteiger partial charge < -0.3 is 15.4 Å². The average Bonchev–Trinajstić information content (AvgIpc) is 3.01. The van der Waals surface area contributed by atoms with Gasteiger partial charge in [-0.05, 0) is 43.3 Å². The van der Waals surface area contributed by atoms with Crippen LogP contribution in [0, 0.1) is 5.82 Å². The lowest BCUT2D eigenvalue weighted by atomic mass is 10.1. The van der Waals surface area contributed by atoms with Gasteiger partial charge in [0.25, 0.3) is 0 Å². The molecule has 0 saturated heterocycles. The second-order valence-corrected chi connectivity index (χ2v) is 5.65. The molecule has 3 aromatic rings. The van der Waals surface area contributed by atoms with Crippen LogP contribution >= 0.6 is 0 Å². The Hall–Kier alpha value is -2.67. The van der Waals surface area contributed by atoms with Gasteiger partial charge in [0.1, 0.15) is 17.4 Å². The van der Waals surface area contributed by atoms with Gasteiger partial charge in [0.05, 0.1) is 18.5 Å². The van der Waals surface area contributed by atoms with Gasteiger partial charge in [-0.1, -0.05) is 0 Å². The molecule has 1 aliphatic heterocycles. The van der Waals surface area contributed by atoms with E-state index in [0.717, 1.165) is 31.9 Å². The standard InChI is InChI=1S/C17H18FN5O/c18-14-3-2-12-10-13(14)15-11-21-17-5-4-16(22-23(15)17)20-8-7-19-6-1-9-24-12/h2-5,10-11,19H,1,6-9H2,(H,20,22). The van der Waals surface area contributed by atoms with Crippen molar-refractivity contribution in [2.24, 2.45) is 0 Å². The van der Waals surface area contributed by atoms with Crippen molar-refractivity contribution in [2.45, 2.75) is 6.42 Å². The Kier molecular flexibility index (Phi) is 4.00. The third-order valence-electron chi connectivity index (χ3n) is 3.95. The molecule has 2 aromatic heterocycles. The van der Waals surface area contributed by atoms with Gasteiger partial charge in [0, 0.05) is 18.7 Å². The highest BCUT2D eigenvalue weighted by Crippen LogP contribution is 2.28. The maximum atomic E-state index is 14.4. The first-order chi connectivity index (χ1) is 11.8. The van der Waals surface area contributed by atoms with Crippen LogP contribution in [-0.2, 0) is 0 Å². The summed E-state index contributed by atoms with van der Waals surface area (Å²) in [6.07, 6.45) is 2.52. The number of rotatable bonds is 0. The first kappa shape index (κ1) is 14.9. The maximum absolute atomic E-state index is 14.4. The fourth-order valence-corrected chi connectivity index (χ4v) is 2.73. The Bertz CT molecular complexity index is 863. The van der Waals surface area contributed by atoms with E-state index in [4.69, 9.17) is 4.74 Å². The highest BCUT2D eigenvalue weighted by atomic mass is 19.1. The summed E-state index contributed by atoms with van der Waals surface area (Å²) in [4.78, 5) is 4.31. The number of nitrogens with one attached hydrogen (secondary N) is 2. The zero-order chi connectivity index (χ0) is 16.4. The first-order valence-electron chi connectivity index (χ1n) is 8.03. The van der Waals surface area contributed by atoms with Crippen molar-refractivity contribution in [1.29, 1.82) is 0 Å². The molecule has 0 amide bonds. The smallest absolute Gasteiger partial charge is 0.154 e. The Morgan fingerprint density at radius 1 is 1.12 bits per heavy atom. The van der Waals surface area contributed by atoms with Crippen molar-refractivity contribution in [3.05, 3.63) is 42.3 Å². The van der Waals surface area contributed by atoms with Crippen LogP contribution in [0.2, 0.25) is 0 Å². The largest absolute Gasteiger partial charge is 0.494 e. The number of hydrogen-bond donors (Lipinski definition) is 2. The van der Waals surface area contributed by atoms with Crippen molar-refractivity contribution in [2.75, 3.05) is 31.6 Å². The Balaban J connectivity index is 1.82. The summed E-state index contributed by atoms with van der Waals surface area (Å²) in [7, 11) is 0. The Morgan fingerprint density at radius 3 is 3.04 bits per heavy atom. The van der Waals surface area contributed by atoms with Gasteiger partial charge in [-0.25, -0.2) is 13.9 Å². The maximum Gasteiger partial charge on any atom is 0.154 e. The van der Waals surface area contributed by atoms with E-state index >= 15 is 0 Å². The molecule has 2 N–H and O–H groups in total. The predicted molar refractivity (Wildman–Crippen MR) is 89.9 cm³/mol. The fraction of sp³-hybridized carbons (Fsp3) is 0.294. The lowest BCUT2D eigenvalue weighted by Crippen LogP contribution is -2.24. The van der Waals surface area contributed by atoms with Gasteiger partial charge in [-0.15, -0.1) is 5.10 Å². The number of fused-ring (bicyclic) bond motifs is 4. The third kappa shape index (κ3) is 2.90. The summed E-state index contributed by atoms with van der Waals surface area (Å²) in [6.45, 7) is 3.04. The third-order valence-corrected chi connectivity index (χ3v) is 3.95. The highest BCUT2D eigenvalue weighted by Gasteiger charge is 2.14.